The van der Waals surface area contributed by atoms with Gasteiger partial charge in [-0.25, -0.2) is 4.98 Å². The molecule has 2 amide bonds. The molecule has 2 aliphatic rings. The summed E-state index contributed by atoms with van der Waals surface area (Å²) in [6.45, 7) is 3.51. The molecule has 4 rings (SSSR count). The van der Waals surface area contributed by atoms with E-state index in [1.807, 2.05) is 36.4 Å². The Hall–Kier alpha value is -2.73. The van der Waals surface area contributed by atoms with E-state index in [1.54, 1.807) is 13.1 Å². The van der Waals surface area contributed by atoms with Crippen molar-refractivity contribution in [2.75, 3.05) is 20.3 Å². The molecule has 2 fully saturated rings. The highest BCUT2D eigenvalue weighted by Gasteiger charge is 2.54. The van der Waals surface area contributed by atoms with Crippen molar-refractivity contribution in [3.8, 4) is 0 Å². The Morgan fingerprint density at radius 2 is 1.86 bits per heavy atom. The molecule has 1 aromatic carbocycles. The molecule has 2 heterocycles. The molecule has 6 nitrogen and oxygen atoms in total. The first-order valence-corrected chi connectivity index (χ1v) is 9.80. The van der Waals surface area contributed by atoms with Crippen LogP contribution in [0.3, 0.4) is 0 Å². The fourth-order valence-electron chi connectivity index (χ4n) is 4.10. The van der Waals surface area contributed by atoms with Crippen LogP contribution in [0.4, 0.5) is 0 Å². The van der Waals surface area contributed by atoms with Crippen molar-refractivity contribution in [2.45, 2.75) is 25.3 Å². The molecule has 4 atom stereocenters. The number of benzene rings is 1. The molecule has 6 heteroatoms. The topological polar surface area (TPSA) is 80.3 Å². The highest BCUT2D eigenvalue weighted by molar-refractivity contribution is 5.99. The molecule has 1 aliphatic carbocycles. The van der Waals surface area contributed by atoms with Gasteiger partial charge in [0.1, 0.15) is 5.69 Å². The van der Waals surface area contributed by atoms with Gasteiger partial charge in [0.2, 0.25) is 0 Å². The molecule has 0 spiro atoms. The van der Waals surface area contributed by atoms with Gasteiger partial charge in [0, 0.05) is 42.1 Å². The molecule has 146 valence electrons. The van der Waals surface area contributed by atoms with E-state index in [1.165, 1.54) is 0 Å². The lowest BCUT2D eigenvalue weighted by Crippen LogP contribution is -2.31. The highest BCUT2D eigenvalue weighted by atomic mass is 16.5. The Kier molecular flexibility index (Phi) is 5.13. The van der Waals surface area contributed by atoms with Crippen molar-refractivity contribution < 1.29 is 14.3 Å². The Morgan fingerprint density at radius 3 is 2.50 bits per heavy atom. The number of hydrogen-bond donors (Lipinski definition) is 2. The zero-order valence-corrected chi connectivity index (χ0v) is 16.1. The van der Waals surface area contributed by atoms with Crippen LogP contribution >= 0.6 is 0 Å². The Labute approximate surface area is 164 Å². The first kappa shape index (κ1) is 18.6. The second-order valence-electron chi connectivity index (χ2n) is 7.48. The first-order chi connectivity index (χ1) is 13.6. The fourth-order valence-corrected chi connectivity index (χ4v) is 4.10. The lowest BCUT2D eigenvalue weighted by molar-refractivity contribution is 0.0928. The van der Waals surface area contributed by atoms with Crippen LogP contribution in [0.15, 0.2) is 42.5 Å². The lowest BCUT2D eigenvalue weighted by Gasteiger charge is -2.17. The van der Waals surface area contributed by atoms with Gasteiger partial charge < -0.3 is 15.4 Å². The summed E-state index contributed by atoms with van der Waals surface area (Å²) in [7, 11) is 1.57. The van der Waals surface area contributed by atoms with E-state index in [2.05, 4.69) is 22.5 Å². The normalized spacial score (nSPS) is 23.6. The van der Waals surface area contributed by atoms with E-state index in [0.717, 1.165) is 17.7 Å². The number of nitrogens with one attached hydrogen (secondary N) is 2. The van der Waals surface area contributed by atoms with Gasteiger partial charge in [-0.1, -0.05) is 37.3 Å². The first-order valence-electron chi connectivity index (χ1n) is 9.80. The van der Waals surface area contributed by atoms with Crippen LogP contribution in [0.1, 0.15) is 51.4 Å². The zero-order chi connectivity index (χ0) is 19.7. The molecule has 1 aromatic heterocycles. The summed E-state index contributed by atoms with van der Waals surface area (Å²) in [5.41, 5.74) is 2.59. The van der Waals surface area contributed by atoms with Crippen molar-refractivity contribution in [3.05, 3.63) is 65.0 Å². The number of carbonyl (C=O) groups excluding carboxylic acids is 2. The van der Waals surface area contributed by atoms with Gasteiger partial charge >= 0.3 is 0 Å². The highest BCUT2D eigenvalue weighted by Crippen LogP contribution is 2.44. The number of aromatic nitrogens is 1. The maximum absolute atomic E-state index is 12.9. The SMILES string of the molecule is CC[C@@H](c1ccccc1)c1cc(C(=O)NC2[C@H]3COC[C@@H]23)cc(C(=O)NC)n1. The summed E-state index contributed by atoms with van der Waals surface area (Å²) in [6.07, 6.45) is 0.819. The Bertz CT molecular complexity index is 874. The van der Waals surface area contributed by atoms with Gasteiger partial charge in [-0.3, -0.25) is 9.59 Å². The number of nitrogens with zero attached hydrogens (tertiary/aromatic N) is 1. The number of ether oxygens (including phenoxy) is 1. The van der Waals surface area contributed by atoms with Gasteiger partial charge in [-0.15, -0.1) is 0 Å². The van der Waals surface area contributed by atoms with Gasteiger partial charge in [-0.2, -0.15) is 0 Å². The Balaban J connectivity index is 1.65. The second kappa shape index (κ2) is 7.72. The monoisotopic (exact) mass is 379 g/mol. The largest absolute Gasteiger partial charge is 0.381 e. The van der Waals surface area contributed by atoms with Crippen LogP contribution in [0.5, 0.6) is 0 Å². The molecule has 28 heavy (non-hydrogen) atoms. The van der Waals surface area contributed by atoms with E-state index in [9.17, 15) is 9.59 Å². The predicted octanol–water partition coefficient (Wildman–Crippen LogP) is 2.36. The van der Waals surface area contributed by atoms with E-state index >= 15 is 0 Å². The Morgan fingerprint density at radius 1 is 1.14 bits per heavy atom. The number of amides is 2. The zero-order valence-electron chi connectivity index (χ0n) is 16.1. The van der Waals surface area contributed by atoms with E-state index in [4.69, 9.17) is 4.74 Å². The molecule has 1 saturated heterocycles. The molecular weight excluding hydrogens is 354 g/mol. The molecule has 2 N–H and O–H groups in total. The maximum Gasteiger partial charge on any atom is 0.269 e. The van der Waals surface area contributed by atoms with Crippen LogP contribution in [0.2, 0.25) is 0 Å². The number of carbonyl (C=O) groups is 2. The minimum Gasteiger partial charge on any atom is -0.381 e. The third-order valence-electron chi connectivity index (χ3n) is 5.78. The fraction of sp³-hybridized carbons (Fsp3) is 0.409. The molecule has 1 aliphatic heterocycles. The number of fused-ring (bicyclic) bond motifs is 1. The van der Waals surface area contributed by atoms with Gasteiger partial charge in [0.05, 0.1) is 13.2 Å². The summed E-state index contributed by atoms with van der Waals surface area (Å²) in [5.74, 6) is 0.422. The standard InChI is InChI=1S/C22H25N3O3/c1-3-15(13-7-5-4-6-8-13)18-9-14(10-19(24-18)22(27)23-2)21(26)25-20-16-11-28-12-17(16)20/h4-10,15-17,20H,3,11-12H2,1-2H3,(H,23,27)(H,25,26)/t15-,16-,17+,20?/m0/s1. The van der Waals surface area contributed by atoms with Gasteiger partial charge in [0.25, 0.3) is 11.8 Å². The molecule has 1 unspecified atom stereocenters. The van der Waals surface area contributed by atoms with Crippen molar-refractivity contribution in [3.63, 3.8) is 0 Å². The quantitative estimate of drug-likeness (QED) is 0.807. The van der Waals surface area contributed by atoms with E-state index in [-0.39, 0.29) is 29.5 Å². The minimum atomic E-state index is -0.296. The number of hydrogen-bond acceptors (Lipinski definition) is 4. The smallest absolute Gasteiger partial charge is 0.269 e. The van der Waals surface area contributed by atoms with Gasteiger partial charge in [-0.05, 0) is 24.1 Å². The molecule has 0 bridgehead atoms. The van der Waals surface area contributed by atoms with Crippen LogP contribution in [0.25, 0.3) is 0 Å². The van der Waals surface area contributed by atoms with Crippen molar-refractivity contribution >= 4 is 11.8 Å². The summed E-state index contributed by atoms with van der Waals surface area (Å²) in [4.78, 5) is 29.7. The van der Waals surface area contributed by atoms with Crippen LogP contribution in [-0.2, 0) is 4.74 Å². The lowest BCUT2D eigenvalue weighted by atomic mass is 9.91. The minimum absolute atomic E-state index is 0.0195. The summed E-state index contributed by atoms with van der Waals surface area (Å²) in [5, 5.41) is 5.71. The van der Waals surface area contributed by atoms with E-state index < -0.39 is 0 Å². The summed E-state index contributed by atoms with van der Waals surface area (Å²) >= 11 is 0. The number of rotatable bonds is 6. The third kappa shape index (κ3) is 3.52. The van der Waals surface area contributed by atoms with Crippen molar-refractivity contribution in [1.29, 1.82) is 0 Å². The van der Waals surface area contributed by atoms with Crippen molar-refractivity contribution in [1.82, 2.24) is 15.6 Å². The number of pyridine rings is 1. The van der Waals surface area contributed by atoms with Crippen LogP contribution in [0, 0.1) is 11.8 Å². The maximum atomic E-state index is 12.9. The summed E-state index contributed by atoms with van der Waals surface area (Å²) < 4.78 is 5.39. The third-order valence-corrected chi connectivity index (χ3v) is 5.78. The molecular formula is C22H25N3O3. The van der Waals surface area contributed by atoms with Crippen LogP contribution < -0.4 is 10.6 Å². The second-order valence-corrected chi connectivity index (χ2v) is 7.48. The average molecular weight is 379 g/mol. The predicted molar refractivity (Wildman–Crippen MR) is 105 cm³/mol. The molecule has 1 saturated carbocycles. The summed E-state index contributed by atoms with van der Waals surface area (Å²) in [6, 6.07) is 13.6. The van der Waals surface area contributed by atoms with E-state index in [0.29, 0.717) is 30.6 Å². The van der Waals surface area contributed by atoms with Gasteiger partial charge in [0.15, 0.2) is 0 Å². The molecule has 2 aromatic rings. The molecule has 0 radical (unpaired) electrons. The average Bonchev–Trinajstić information content (AvgIpc) is 3.14. The van der Waals surface area contributed by atoms with Crippen LogP contribution in [-0.4, -0.2) is 43.1 Å². The van der Waals surface area contributed by atoms with Crippen molar-refractivity contribution in [2.24, 2.45) is 11.8 Å².